The quantitative estimate of drug-likeness (QED) is 0.452. The Hall–Kier alpha value is -2.31. The van der Waals surface area contributed by atoms with Crippen molar-refractivity contribution in [3.05, 3.63) is 35.3 Å². The van der Waals surface area contributed by atoms with Crippen molar-refractivity contribution in [2.75, 3.05) is 11.6 Å². The van der Waals surface area contributed by atoms with Gasteiger partial charge in [0.25, 0.3) is 11.8 Å². The number of rotatable bonds is 6. The predicted octanol–water partition coefficient (Wildman–Crippen LogP) is 5.43. The highest BCUT2D eigenvalue weighted by Crippen LogP contribution is 2.45. The number of thioether (sulfide) groups is 1. The maximum Gasteiger partial charge on any atom is 0.420 e. The van der Waals surface area contributed by atoms with Gasteiger partial charge < -0.3 is 5.32 Å². The molecule has 0 bridgehead atoms. The van der Waals surface area contributed by atoms with Crippen molar-refractivity contribution in [1.29, 1.82) is 0 Å². The molecule has 13 heteroatoms. The second-order valence-electron chi connectivity index (χ2n) is 7.31. The Morgan fingerprint density at radius 3 is 2.45 bits per heavy atom. The van der Waals surface area contributed by atoms with E-state index >= 15 is 0 Å². The van der Waals surface area contributed by atoms with E-state index < -0.39 is 66.2 Å². The molecule has 5 nitrogen and oxygen atoms in total. The van der Waals surface area contributed by atoms with Crippen LogP contribution in [0.25, 0.3) is 0 Å². The van der Waals surface area contributed by atoms with E-state index in [0.29, 0.717) is 9.71 Å². The molecule has 0 spiro atoms. The maximum atomic E-state index is 13.9. The number of carbonyl (C=O) groups is 1. The lowest BCUT2D eigenvalue weighted by Crippen LogP contribution is -2.38. The van der Waals surface area contributed by atoms with Crippen molar-refractivity contribution in [2.24, 2.45) is 5.92 Å². The molecule has 1 saturated carbocycles. The monoisotopic (exact) mass is 470 g/mol. The number of alkyl halides is 7. The van der Waals surface area contributed by atoms with Gasteiger partial charge in [-0.15, -0.1) is 11.8 Å². The third kappa shape index (κ3) is 5.13. The van der Waals surface area contributed by atoms with Gasteiger partial charge in [-0.3, -0.25) is 9.48 Å². The second kappa shape index (κ2) is 7.99. The molecule has 0 atom stereocenters. The summed E-state index contributed by atoms with van der Waals surface area (Å²) < 4.78 is 95.8. The number of nitrogens with zero attached hydrogens (tertiary/aromatic N) is 3. The molecule has 1 fully saturated rings. The first-order chi connectivity index (χ1) is 14.2. The zero-order chi connectivity index (χ0) is 23.2. The zero-order valence-electron chi connectivity index (χ0n) is 16.2. The molecule has 1 N–H and O–H groups in total. The highest BCUT2D eigenvalue weighted by atomic mass is 32.2. The standard InChI is InChI=1S/C18H17F7N4OS/c1-16(19,20)14-12(18(23,24)25)13(29(28-14)8-9-6-17(21,22)7-9)15(30)27-10-3-4-26-11(5-10)31-2/h3-5,9H,6-8H2,1-2H3,(H,26,27,30). The summed E-state index contributed by atoms with van der Waals surface area (Å²) in [7, 11) is 0. The molecular formula is C18H17F7N4OS. The summed E-state index contributed by atoms with van der Waals surface area (Å²) in [5.74, 6) is -9.13. The summed E-state index contributed by atoms with van der Waals surface area (Å²) in [4.78, 5) is 16.7. The van der Waals surface area contributed by atoms with Crippen molar-refractivity contribution < 1.29 is 35.5 Å². The Balaban J connectivity index is 2.05. The molecular weight excluding hydrogens is 453 g/mol. The SMILES string of the molecule is CSc1cc(NC(=O)c2c(C(F)(F)F)c(C(C)(F)F)nn2CC2CC(F)(F)C2)ccn1. The summed E-state index contributed by atoms with van der Waals surface area (Å²) in [6, 6.07) is 2.70. The lowest BCUT2D eigenvalue weighted by atomic mass is 9.81. The second-order valence-corrected chi connectivity index (χ2v) is 8.14. The molecule has 0 saturated heterocycles. The molecule has 0 aliphatic heterocycles. The minimum Gasteiger partial charge on any atom is -0.321 e. The van der Waals surface area contributed by atoms with Gasteiger partial charge in [-0.05, 0) is 24.3 Å². The van der Waals surface area contributed by atoms with Gasteiger partial charge in [0.2, 0.25) is 5.92 Å². The van der Waals surface area contributed by atoms with E-state index in [2.05, 4.69) is 15.4 Å². The number of nitrogens with one attached hydrogen (secondary N) is 1. The lowest BCUT2D eigenvalue weighted by Gasteiger charge is -2.35. The number of halogens is 7. The topological polar surface area (TPSA) is 59.8 Å². The number of hydrogen-bond donors (Lipinski definition) is 1. The summed E-state index contributed by atoms with van der Waals surface area (Å²) in [5.41, 5.74) is -4.58. The lowest BCUT2D eigenvalue weighted by molar-refractivity contribution is -0.142. The van der Waals surface area contributed by atoms with E-state index in [-0.39, 0.29) is 12.6 Å². The molecule has 2 aromatic heterocycles. The Bertz CT molecular complexity index is 976. The highest BCUT2D eigenvalue weighted by Gasteiger charge is 2.50. The summed E-state index contributed by atoms with van der Waals surface area (Å²) in [5, 5.41) is 6.03. The van der Waals surface area contributed by atoms with Crippen molar-refractivity contribution in [3.63, 3.8) is 0 Å². The van der Waals surface area contributed by atoms with Gasteiger partial charge in [0.15, 0.2) is 0 Å². The van der Waals surface area contributed by atoms with Crippen molar-refractivity contribution in [2.45, 2.75) is 49.4 Å². The molecule has 1 aliphatic carbocycles. The minimum absolute atomic E-state index is 0.0882. The molecule has 31 heavy (non-hydrogen) atoms. The molecule has 1 amide bonds. The van der Waals surface area contributed by atoms with E-state index in [1.165, 1.54) is 30.1 Å². The number of anilines is 1. The Labute approximate surface area is 176 Å². The number of aromatic nitrogens is 3. The van der Waals surface area contributed by atoms with E-state index in [1.54, 1.807) is 6.26 Å². The maximum absolute atomic E-state index is 13.9. The van der Waals surface area contributed by atoms with Gasteiger partial charge >= 0.3 is 6.18 Å². The molecule has 0 unspecified atom stereocenters. The molecule has 2 heterocycles. The van der Waals surface area contributed by atoms with Crippen LogP contribution in [-0.2, 0) is 18.6 Å². The molecule has 0 aromatic carbocycles. The van der Waals surface area contributed by atoms with Crippen LogP contribution >= 0.6 is 11.8 Å². The van der Waals surface area contributed by atoms with Gasteiger partial charge in [0, 0.05) is 38.2 Å². The number of carbonyl (C=O) groups excluding carboxylic acids is 1. The first kappa shape index (κ1) is 23.4. The van der Waals surface area contributed by atoms with Crippen LogP contribution in [0.15, 0.2) is 23.4 Å². The van der Waals surface area contributed by atoms with Crippen LogP contribution in [0.2, 0.25) is 0 Å². The smallest absolute Gasteiger partial charge is 0.321 e. The summed E-state index contributed by atoms with van der Waals surface area (Å²) in [6.45, 7) is -0.300. The van der Waals surface area contributed by atoms with Crippen LogP contribution in [0.5, 0.6) is 0 Å². The van der Waals surface area contributed by atoms with E-state index in [4.69, 9.17) is 0 Å². The first-order valence-corrected chi connectivity index (χ1v) is 10.2. The van der Waals surface area contributed by atoms with Crippen molar-refractivity contribution in [3.8, 4) is 0 Å². The Kier molecular flexibility index (Phi) is 6.02. The first-order valence-electron chi connectivity index (χ1n) is 8.97. The zero-order valence-corrected chi connectivity index (χ0v) is 17.1. The van der Waals surface area contributed by atoms with Crippen LogP contribution in [0.3, 0.4) is 0 Å². The molecule has 0 radical (unpaired) electrons. The van der Waals surface area contributed by atoms with Crippen LogP contribution in [-0.4, -0.2) is 32.8 Å². The minimum atomic E-state index is -5.33. The number of amides is 1. The van der Waals surface area contributed by atoms with E-state index in [9.17, 15) is 35.5 Å². The van der Waals surface area contributed by atoms with Crippen LogP contribution < -0.4 is 5.32 Å². The molecule has 3 rings (SSSR count). The third-order valence-corrected chi connectivity index (χ3v) is 5.32. The van der Waals surface area contributed by atoms with Gasteiger partial charge in [-0.2, -0.15) is 27.1 Å². The fourth-order valence-electron chi connectivity index (χ4n) is 3.35. The van der Waals surface area contributed by atoms with E-state index in [1.807, 2.05) is 0 Å². The third-order valence-electron chi connectivity index (χ3n) is 4.67. The number of hydrogen-bond acceptors (Lipinski definition) is 4. The fraction of sp³-hybridized carbons (Fsp3) is 0.500. The van der Waals surface area contributed by atoms with Crippen LogP contribution in [0, 0.1) is 5.92 Å². The van der Waals surface area contributed by atoms with Gasteiger partial charge in [-0.1, -0.05) is 0 Å². The Morgan fingerprint density at radius 1 is 1.29 bits per heavy atom. The molecule has 2 aromatic rings. The normalized spacial score (nSPS) is 16.8. The van der Waals surface area contributed by atoms with Crippen molar-refractivity contribution in [1.82, 2.24) is 14.8 Å². The largest absolute Gasteiger partial charge is 0.420 e. The number of pyridine rings is 1. The van der Waals surface area contributed by atoms with Gasteiger partial charge in [0.05, 0.1) is 5.03 Å². The predicted molar refractivity (Wildman–Crippen MR) is 98.4 cm³/mol. The Morgan fingerprint density at radius 2 is 1.94 bits per heavy atom. The van der Waals surface area contributed by atoms with Crippen LogP contribution in [0.1, 0.15) is 41.5 Å². The average Bonchev–Trinajstić information content (AvgIpc) is 3.00. The van der Waals surface area contributed by atoms with Gasteiger partial charge in [-0.25, -0.2) is 13.8 Å². The summed E-state index contributed by atoms with van der Waals surface area (Å²) in [6.07, 6.45) is -3.59. The molecule has 170 valence electrons. The van der Waals surface area contributed by atoms with Crippen molar-refractivity contribution >= 4 is 23.4 Å². The van der Waals surface area contributed by atoms with E-state index in [0.717, 1.165) is 0 Å². The van der Waals surface area contributed by atoms with Gasteiger partial charge in [0.1, 0.15) is 17.0 Å². The average molecular weight is 470 g/mol. The fourth-order valence-corrected chi connectivity index (χ4v) is 3.76. The highest BCUT2D eigenvalue weighted by molar-refractivity contribution is 7.98. The molecule has 1 aliphatic rings. The summed E-state index contributed by atoms with van der Waals surface area (Å²) >= 11 is 1.21. The van der Waals surface area contributed by atoms with Crippen LogP contribution in [0.4, 0.5) is 36.4 Å².